The monoisotopic (exact) mass is 368 g/mol. The summed E-state index contributed by atoms with van der Waals surface area (Å²) in [6.45, 7) is 2.17. The van der Waals surface area contributed by atoms with Crippen molar-refractivity contribution in [2.75, 3.05) is 14.2 Å². The van der Waals surface area contributed by atoms with Crippen molar-refractivity contribution in [1.82, 2.24) is 0 Å². The Labute approximate surface area is 139 Å². The number of halogens is 2. The summed E-state index contributed by atoms with van der Waals surface area (Å²) in [5, 5.41) is 0.664. The molecule has 0 aliphatic rings. The number of methoxy groups -OCH3 is 2. The van der Waals surface area contributed by atoms with Crippen molar-refractivity contribution in [3.8, 4) is 11.5 Å². The van der Waals surface area contributed by atoms with Gasteiger partial charge in [-0.2, -0.15) is 0 Å². The van der Waals surface area contributed by atoms with Gasteiger partial charge in [0.25, 0.3) is 0 Å². The van der Waals surface area contributed by atoms with Crippen LogP contribution in [0, 0.1) is 0 Å². The lowest BCUT2D eigenvalue weighted by Crippen LogP contribution is -2.04. The summed E-state index contributed by atoms with van der Waals surface area (Å²) in [5.41, 5.74) is 2.25. The second-order valence-electron chi connectivity index (χ2n) is 4.83. The second kappa shape index (κ2) is 7.19. The molecular weight excluding hydrogens is 352 g/mol. The van der Waals surface area contributed by atoms with Crippen LogP contribution in [0.3, 0.4) is 0 Å². The molecule has 0 N–H and O–H groups in total. The van der Waals surface area contributed by atoms with Gasteiger partial charge >= 0.3 is 0 Å². The first-order valence-corrected chi connectivity index (χ1v) is 7.98. The fourth-order valence-corrected chi connectivity index (χ4v) is 3.36. The molecule has 4 heteroatoms. The van der Waals surface area contributed by atoms with Gasteiger partial charge in [0, 0.05) is 15.9 Å². The van der Waals surface area contributed by atoms with Crippen LogP contribution in [0.1, 0.15) is 28.8 Å². The number of hydrogen-bond donors (Lipinski definition) is 0. The van der Waals surface area contributed by atoms with E-state index < -0.39 is 0 Å². The third kappa shape index (κ3) is 3.53. The van der Waals surface area contributed by atoms with Crippen molar-refractivity contribution in [3.05, 3.63) is 58.6 Å². The fourth-order valence-electron chi connectivity index (χ4n) is 2.28. The minimum Gasteiger partial charge on any atom is -0.493 e. The minimum absolute atomic E-state index is 0.0900. The maximum Gasteiger partial charge on any atom is 0.162 e. The molecule has 2 atom stereocenters. The van der Waals surface area contributed by atoms with Gasteiger partial charge in [-0.15, -0.1) is 0 Å². The van der Waals surface area contributed by atoms with Crippen LogP contribution in [0.4, 0.5) is 0 Å². The molecule has 0 saturated carbocycles. The van der Waals surface area contributed by atoms with E-state index >= 15 is 0 Å². The highest BCUT2D eigenvalue weighted by Crippen LogP contribution is 2.44. The van der Waals surface area contributed by atoms with Gasteiger partial charge in [-0.1, -0.05) is 64.8 Å². The zero-order valence-electron chi connectivity index (χ0n) is 12.3. The van der Waals surface area contributed by atoms with Gasteiger partial charge in [-0.05, 0) is 23.1 Å². The summed E-state index contributed by atoms with van der Waals surface area (Å²) in [6.07, 6.45) is 0. The van der Waals surface area contributed by atoms with Crippen molar-refractivity contribution in [3.63, 3.8) is 0 Å². The van der Waals surface area contributed by atoms with E-state index in [1.54, 1.807) is 20.3 Å². The Hall–Kier alpha value is -1.19. The molecule has 2 aromatic carbocycles. The number of alkyl halides is 1. The molecule has 0 heterocycles. The van der Waals surface area contributed by atoms with Gasteiger partial charge in [0.15, 0.2) is 11.5 Å². The Kier molecular flexibility index (Phi) is 5.54. The van der Waals surface area contributed by atoms with Crippen LogP contribution in [0.15, 0.2) is 42.5 Å². The van der Waals surface area contributed by atoms with Gasteiger partial charge < -0.3 is 9.47 Å². The molecule has 2 aromatic rings. The third-order valence-electron chi connectivity index (χ3n) is 3.56. The van der Waals surface area contributed by atoms with E-state index in [4.69, 9.17) is 21.1 Å². The Morgan fingerprint density at radius 2 is 1.57 bits per heavy atom. The molecule has 2 rings (SSSR count). The van der Waals surface area contributed by atoms with E-state index in [1.807, 2.05) is 24.3 Å². The highest BCUT2D eigenvalue weighted by molar-refractivity contribution is 9.09. The summed E-state index contributed by atoms with van der Waals surface area (Å²) in [6, 6.07) is 14.1. The normalized spacial score (nSPS) is 13.6. The van der Waals surface area contributed by atoms with Crippen LogP contribution in [0.2, 0.25) is 5.02 Å². The maximum absolute atomic E-state index is 6.40. The van der Waals surface area contributed by atoms with E-state index in [2.05, 4.69) is 35.0 Å². The Morgan fingerprint density at radius 3 is 2.14 bits per heavy atom. The molecule has 0 aromatic heterocycles. The van der Waals surface area contributed by atoms with Gasteiger partial charge in [0.2, 0.25) is 0 Å². The Morgan fingerprint density at radius 1 is 1.00 bits per heavy atom. The fraction of sp³-hybridized carbons (Fsp3) is 0.294. The topological polar surface area (TPSA) is 18.5 Å². The number of ether oxygens (including phenoxy) is 2. The lowest BCUT2D eigenvalue weighted by molar-refractivity contribution is 0.354. The molecule has 0 fully saturated rings. The molecule has 0 bridgehead atoms. The summed E-state index contributed by atoms with van der Waals surface area (Å²) >= 11 is 10.2. The average molecular weight is 370 g/mol. The standard InChI is InChI=1S/C17H18BrClO2/c1-11(12-7-5-4-6-8-12)17(18)13-9-15(20-2)16(21-3)10-14(13)19/h4-11,17H,1-3H3. The summed E-state index contributed by atoms with van der Waals surface area (Å²) in [4.78, 5) is 0.0900. The van der Waals surface area contributed by atoms with E-state index in [1.165, 1.54) is 5.56 Å². The number of benzene rings is 2. The van der Waals surface area contributed by atoms with Crippen molar-refractivity contribution >= 4 is 27.5 Å². The Balaban J connectivity index is 2.37. The predicted octanol–water partition coefficient (Wildman–Crippen LogP) is 5.60. The van der Waals surface area contributed by atoms with Crippen LogP contribution in [0.25, 0.3) is 0 Å². The molecule has 0 spiro atoms. The van der Waals surface area contributed by atoms with E-state index in [-0.39, 0.29) is 10.7 Å². The first-order valence-electron chi connectivity index (χ1n) is 6.69. The number of hydrogen-bond acceptors (Lipinski definition) is 2. The predicted molar refractivity (Wildman–Crippen MR) is 91.1 cm³/mol. The molecule has 0 radical (unpaired) electrons. The van der Waals surface area contributed by atoms with Crippen LogP contribution < -0.4 is 9.47 Å². The van der Waals surface area contributed by atoms with Crippen molar-refractivity contribution in [1.29, 1.82) is 0 Å². The molecule has 0 saturated heterocycles. The summed E-state index contributed by atoms with van der Waals surface area (Å²) in [7, 11) is 3.23. The quantitative estimate of drug-likeness (QED) is 0.639. The van der Waals surface area contributed by atoms with Crippen LogP contribution in [0.5, 0.6) is 11.5 Å². The molecule has 112 valence electrons. The van der Waals surface area contributed by atoms with Gasteiger partial charge in [0.1, 0.15) is 0 Å². The summed E-state index contributed by atoms with van der Waals surface area (Å²) < 4.78 is 10.6. The van der Waals surface area contributed by atoms with Crippen molar-refractivity contribution in [2.45, 2.75) is 17.7 Å². The first kappa shape index (κ1) is 16.2. The summed E-state index contributed by atoms with van der Waals surface area (Å²) in [5.74, 6) is 1.60. The van der Waals surface area contributed by atoms with Gasteiger partial charge in [-0.3, -0.25) is 0 Å². The first-order chi connectivity index (χ1) is 10.1. The SMILES string of the molecule is COc1cc(Cl)c(C(Br)C(C)c2ccccc2)cc1OC. The van der Waals surface area contributed by atoms with E-state index in [9.17, 15) is 0 Å². The number of rotatable bonds is 5. The second-order valence-corrected chi connectivity index (χ2v) is 6.22. The van der Waals surface area contributed by atoms with Crippen LogP contribution >= 0.6 is 27.5 Å². The molecule has 0 amide bonds. The van der Waals surface area contributed by atoms with E-state index in [0.717, 1.165) is 5.56 Å². The van der Waals surface area contributed by atoms with Crippen molar-refractivity contribution in [2.24, 2.45) is 0 Å². The van der Waals surface area contributed by atoms with Gasteiger partial charge in [-0.25, -0.2) is 0 Å². The Bertz CT molecular complexity index is 601. The highest BCUT2D eigenvalue weighted by atomic mass is 79.9. The molecule has 0 aliphatic carbocycles. The molecule has 2 nitrogen and oxygen atoms in total. The smallest absolute Gasteiger partial charge is 0.162 e. The van der Waals surface area contributed by atoms with Crippen LogP contribution in [-0.2, 0) is 0 Å². The van der Waals surface area contributed by atoms with E-state index in [0.29, 0.717) is 16.5 Å². The maximum atomic E-state index is 6.40. The zero-order valence-corrected chi connectivity index (χ0v) is 14.6. The highest BCUT2D eigenvalue weighted by Gasteiger charge is 2.22. The largest absolute Gasteiger partial charge is 0.493 e. The van der Waals surface area contributed by atoms with Crippen LogP contribution in [-0.4, -0.2) is 14.2 Å². The van der Waals surface area contributed by atoms with Gasteiger partial charge in [0.05, 0.1) is 14.2 Å². The molecular formula is C17H18BrClO2. The average Bonchev–Trinajstić information content (AvgIpc) is 2.54. The lowest BCUT2D eigenvalue weighted by atomic mass is 9.93. The molecule has 2 unspecified atom stereocenters. The molecule has 21 heavy (non-hydrogen) atoms. The zero-order chi connectivity index (χ0) is 15.4. The lowest BCUT2D eigenvalue weighted by Gasteiger charge is -2.21. The molecule has 0 aliphatic heterocycles. The minimum atomic E-state index is 0.0900. The third-order valence-corrected chi connectivity index (χ3v) is 5.18. The van der Waals surface area contributed by atoms with Crippen molar-refractivity contribution < 1.29 is 9.47 Å².